The van der Waals surface area contributed by atoms with Gasteiger partial charge < -0.3 is 5.11 Å². The smallest absolute Gasteiger partial charge is 0.0922 e. The van der Waals surface area contributed by atoms with Gasteiger partial charge in [0.25, 0.3) is 0 Å². The van der Waals surface area contributed by atoms with Crippen LogP contribution in [-0.2, 0) is 0 Å². The van der Waals surface area contributed by atoms with Gasteiger partial charge in [-0.25, -0.2) is 0 Å². The van der Waals surface area contributed by atoms with Crippen molar-refractivity contribution in [1.82, 2.24) is 4.90 Å². The lowest BCUT2D eigenvalue weighted by atomic mass is 9.90. The molecule has 0 radical (unpaired) electrons. The van der Waals surface area contributed by atoms with E-state index >= 15 is 0 Å². The Labute approximate surface area is 129 Å². The molecule has 3 unspecified atom stereocenters. The highest BCUT2D eigenvalue weighted by Crippen LogP contribution is 2.37. The molecule has 2 nitrogen and oxygen atoms in total. The van der Waals surface area contributed by atoms with Gasteiger partial charge in [0.15, 0.2) is 0 Å². The topological polar surface area (TPSA) is 23.5 Å². The van der Waals surface area contributed by atoms with Gasteiger partial charge in [-0.15, -0.1) is 0 Å². The predicted molar refractivity (Wildman–Crippen MR) is 87.5 cm³/mol. The molecule has 1 N–H and O–H groups in total. The van der Waals surface area contributed by atoms with Crippen LogP contribution in [-0.4, -0.2) is 29.1 Å². The average Bonchev–Trinajstić information content (AvgIpc) is 2.86. The maximum atomic E-state index is 10.8. The van der Waals surface area contributed by atoms with E-state index in [1.165, 1.54) is 55.3 Å². The molecule has 2 fully saturated rings. The monoisotopic (exact) mass is 287 g/mol. The average molecular weight is 287 g/mol. The third kappa shape index (κ3) is 3.02. The lowest BCUT2D eigenvalue weighted by molar-refractivity contribution is 0.0502. The van der Waals surface area contributed by atoms with Gasteiger partial charge in [-0.2, -0.15) is 0 Å². The maximum absolute atomic E-state index is 10.8. The summed E-state index contributed by atoms with van der Waals surface area (Å²) in [5.41, 5.74) is 4.91. The summed E-state index contributed by atoms with van der Waals surface area (Å²) in [6, 6.07) is 5.12. The van der Waals surface area contributed by atoms with E-state index in [1.807, 2.05) is 0 Å². The van der Waals surface area contributed by atoms with Crippen molar-refractivity contribution < 1.29 is 5.11 Å². The van der Waals surface area contributed by atoms with Crippen LogP contribution in [0, 0.1) is 26.7 Å². The second-order valence-corrected chi connectivity index (χ2v) is 7.22. The number of aryl methyl sites for hydroxylation is 3. The van der Waals surface area contributed by atoms with Crippen molar-refractivity contribution >= 4 is 0 Å². The van der Waals surface area contributed by atoms with Crippen LogP contribution >= 0.6 is 0 Å². The minimum Gasteiger partial charge on any atom is -0.387 e. The van der Waals surface area contributed by atoms with Crippen LogP contribution in [0.15, 0.2) is 12.1 Å². The predicted octanol–water partition coefficient (Wildman–Crippen LogP) is 3.91. The van der Waals surface area contributed by atoms with Gasteiger partial charge in [-0.1, -0.05) is 24.1 Å². The Hall–Kier alpha value is -0.860. The fraction of sp³-hybridized carbons (Fsp3) is 0.684. The first-order valence-corrected chi connectivity index (χ1v) is 8.56. The summed E-state index contributed by atoms with van der Waals surface area (Å²) >= 11 is 0. The van der Waals surface area contributed by atoms with Gasteiger partial charge in [-0.05, 0) is 75.6 Å². The third-order valence-electron chi connectivity index (χ3n) is 5.59. The molecular formula is C19H29NO. The second-order valence-electron chi connectivity index (χ2n) is 7.22. The zero-order valence-corrected chi connectivity index (χ0v) is 13.7. The molecular weight excluding hydrogens is 258 g/mol. The SMILES string of the molecule is Cc1cc(C)c(C(O)CN2CCCC3CCCC32)c(C)c1. The number of aliphatic hydroxyl groups excluding tert-OH is 1. The first-order valence-electron chi connectivity index (χ1n) is 8.56. The van der Waals surface area contributed by atoms with Gasteiger partial charge in [-0.3, -0.25) is 4.90 Å². The first-order chi connectivity index (χ1) is 10.1. The molecule has 1 aliphatic heterocycles. The van der Waals surface area contributed by atoms with Crippen molar-refractivity contribution in [2.45, 2.75) is 65.0 Å². The van der Waals surface area contributed by atoms with Crippen LogP contribution in [0.5, 0.6) is 0 Å². The first kappa shape index (κ1) is 15.1. The van der Waals surface area contributed by atoms with E-state index in [9.17, 15) is 5.11 Å². The van der Waals surface area contributed by atoms with E-state index < -0.39 is 0 Å². The Bertz CT molecular complexity index is 487. The van der Waals surface area contributed by atoms with Crippen LogP contribution in [0.2, 0.25) is 0 Å². The van der Waals surface area contributed by atoms with Crippen LogP contribution in [0.1, 0.15) is 60.5 Å². The van der Waals surface area contributed by atoms with Crippen molar-refractivity contribution in [3.8, 4) is 0 Å². The molecule has 2 aliphatic rings. The van der Waals surface area contributed by atoms with Gasteiger partial charge in [0.1, 0.15) is 0 Å². The molecule has 1 aromatic carbocycles. The van der Waals surface area contributed by atoms with Crippen LogP contribution in [0.4, 0.5) is 0 Å². The highest BCUT2D eigenvalue weighted by molar-refractivity contribution is 5.39. The number of likely N-dealkylation sites (tertiary alicyclic amines) is 1. The summed E-state index contributed by atoms with van der Waals surface area (Å²) in [6.07, 6.45) is 6.48. The normalized spacial score (nSPS) is 27.6. The van der Waals surface area contributed by atoms with Crippen molar-refractivity contribution in [3.63, 3.8) is 0 Å². The molecule has 3 atom stereocenters. The van der Waals surface area contributed by atoms with E-state index in [0.29, 0.717) is 0 Å². The summed E-state index contributed by atoms with van der Waals surface area (Å²) in [7, 11) is 0. The number of rotatable bonds is 3. The van der Waals surface area contributed by atoms with E-state index in [-0.39, 0.29) is 6.10 Å². The van der Waals surface area contributed by atoms with Crippen LogP contribution < -0.4 is 0 Å². The molecule has 1 aromatic rings. The minimum absolute atomic E-state index is 0.343. The van der Waals surface area contributed by atoms with E-state index in [4.69, 9.17) is 0 Å². The van der Waals surface area contributed by atoms with E-state index in [1.54, 1.807) is 0 Å². The van der Waals surface area contributed by atoms with E-state index in [2.05, 4.69) is 37.8 Å². The summed E-state index contributed by atoms with van der Waals surface area (Å²) in [5, 5.41) is 10.8. The van der Waals surface area contributed by atoms with Gasteiger partial charge in [0, 0.05) is 12.6 Å². The number of hydrogen-bond acceptors (Lipinski definition) is 2. The fourth-order valence-electron chi connectivity index (χ4n) is 4.81. The minimum atomic E-state index is -0.343. The van der Waals surface area contributed by atoms with Crippen molar-refractivity contribution in [3.05, 3.63) is 34.4 Å². The molecule has 0 spiro atoms. The molecule has 21 heavy (non-hydrogen) atoms. The fourth-order valence-corrected chi connectivity index (χ4v) is 4.81. The zero-order chi connectivity index (χ0) is 15.0. The van der Waals surface area contributed by atoms with E-state index in [0.717, 1.165) is 24.1 Å². The Morgan fingerprint density at radius 1 is 1.10 bits per heavy atom. The number of piperidine rings is 1. The Balaban J connectivity index is 1.75. The molecule has 0 amide bonds. The molecule has 116 valence electrons. The Morgan fingerprint density at radius 2 is 1.76 bits per heavy atom. The summed E-state index contributed by atoms with van der Waals surface area (Å²) in [4.78, 5) is 2.57. The number of nitrogens with zero attached hydrogens (tertiary/aromatic N) is 1. The third-order valence-corrected chi connectivity index (χ3v) is 5.59. The molecule has 1 heterocycles. The number of aliphatic hydroxyl groups is 1. The highest BCUT2D eigenvalue weighted by Gasteiger charge is 2.35. The van der Waals surface area contributed by atoms with Gasteiger partial charge in [0.2, 0.25) is 0 Å². The quantitative estimate of drug-likeness (QED) is 0.911. The van der Waals surface area contributed by atoms with Gasteiger partial charge >= 0.3 is 0 Å². The lowest BCUT2D eigenvalue weighted by Gasteiger charge is -2.39. The largest absolute Gasteiger partial charge is 0.387 e. The number of benzene rings is 1. The summed E-state index contributed by atoms with van der Waals surface area (Å²) < 4.78 is 0. The number of β-amino-alcohol motifs (C(OH)–C–C–N with tert-alkyl or cyclic N) is 1. The molecule has 3 rings (SSSR count). The number of hydrogen-bond donors (Lipinski definition) is 1. The van der Waals surface area contributed by atoms with Crippen LogP contribution in [0.25, 0.3) is 0 Å². The molecule has 2 heteroatoms. The standard InChI is InChI=1S/C19H29NO/c1-13-10-14(2)19(15(3)11-13)18(21)12-20-9-5-7-16-6-4-8-17(16)20/h10-11,16-18,21H,4-9,12H2,1-3H3. The van der Waals surface area contributed by atoms with Crippen molar-refractivity contribution in [2.75, 3.05) is 13.1 Å². The van der Waals surface area contributed by atoms with Crippen molar-refractivity contribution in [1.29, 1.82) is 0 Å². The highest BCUT2D eigenvalue weighted by atomic mass is 16.3. The molecule has 1 aliphatic carbocycles. The second kappa shape index (κ2) is 6.10. The Morgan fingerprint density at radius 3 is 2.48 bits per heavy atom. The Kier molecular flexibility index (Phi) is 4.37. The lowest BCUT2D eigenvalue weighted by Crippen LogP contribution is -2.44. The maximum Gasteiger partial charge on any atom is 0.0922 e. The summed E-state index contributed by atoms with van der Waals surface area (Å²) in [5.74, 6) is 0.895. The number of fused-ring (bicyclic) bond motifs is 1. The molecule has 0 bridgehead atoms. The zero-order valence-electron chi connectivity index (χ0n) is 13.7. The molecule has 0 aromatic heterocycles. The van der Waals surface area contributed by atoms with Crippen LogP contribution in [0.3, 0.4) is 0 Å². The van der Waals surface area contributed by atoms with Crippen molar-refractivity contribution in [2.24, 2.45) is 5.92 Å². The molecule has 1 saturated heterocycles. The van der Waals surface area contributed by atoms with Gasteiger partial charge in [0.05, 0.1) is 6.10 Å². The summed E-state index contributed by atoms with van der Waals surface area (Å²) in [6.45, 7) is 8.37. The molecule has 1 saturated carbocycles.